The third-order valence-electron chi connectivity index (χ3n) is 12.9. The van der Waals surface area contributed by atoms with Crippen molar-refractivity contribution in [3.63, 3.8) is 0 Å². The van der Waals surface area contributed by atoms with Crippen molar-refractivity contribution in [3.05, 3.63) is 224 Å². The zero-order chi connectivity index (χ0) is 42.8. The molecule has 0 radical (unpaired) electrons. The largest absolute Gasteiger partial charge is 0.456 e. The van der Waals surface area contributed by atoms with E-state index >= 15 is 0 Å². The van der Waals surface area contributed by atoms with Crippen molar-refractivity contribution in [3.8, 4) is 67.5 Å². The number of furan rings is 1. The van der Waals surface area contributed by atoms with Crippen LogP contribution >= 0.6 is 0 Å². The summed E-state index contributed by atoms with van der Waals surface area (Å²) in [6.45, 7) is 0. The number of rotatable bonds is 6. The van der Waals surface area contributed by atoms with Crippen LogP contribution in [0.5, 0.6) is 0 Å². The maximum Gasteiger partial charge on any atom is 0.164 e. The van der Waals surface area contributed by atoms with Gasteiger partial charge in [-0.1, -0.05) is 176 Å². The number of benzene rings is 11. The lowest BCUT2D eigenvalue weighted by Gasteiger charge is -2.14. The number of fused-ring (bicyclic) bond motifs is 8. The van der Waals surface area contributed by atoms with Gasteiger partial charge in [0.1, 0.15) is 11.2 Å². The molecule has 0 saturated heterocycles. The second-order valence-electron chi connectivity index (χ2n) is 16.8. The zero-order valence-corrected chi connectivity index (χ0v) is 35.1. The molecule has 4 heteroatoms. The summed E-state index contributed by atoms with van der Waals surface area (Å²) < 4.78 is 6.41. The summed E-state index contributed by atoms with van der Waals surface area (Å²) in [4.78, 5) is 15.9. The van der Waals surface area contributed by atoms with Crippen LogP contribution in [0.2, 0.25) is 0 Å². The summed E-state index contributed by atoms with van der Waals surface area (Å²) in [5.41, 5.74) is 11.5. The number of hydrogen-bond acceptors (Lipinski definition) is 4. The van der Waals surface area contributed by atoms with Gasteiger partial charge in [0.05, 0.1) is 0 Å². The van der Waals surface area contributed by atoms with E-state index in [1.165, 1.54) is 49.4 Å². The quantitative estimate of drug-likeness (QED) is 0.168. The zero-order valence-electron chi connectivity index (χ0n) is 35.1. The van der Waals surface area contributed by atoms with E-state index in [1.54, 1.807) is 0 Å². The standard InChI is InChI=1S/C61H37N3O/c1-2-11-38(12-3-1)39-21-23-40(24-22-39)43-25-26-45-34-47(28-27-44(45)33-43)59-62-60(48-30-31-56-55(36-48)58-52-19-9-5-14-42(52)29-32-57(58)65-56)64-61(63-59)49-35-46-15-6-8-18-51(46)54(37-49)53-20-10-16-41-13-4-7-17-50(41)53/h1-37H. The Kier molecular flexibility index (Phi) is 8.50. The lowest BCUT2D eigenvalue weighted by Crippen LogP contribution is -2.00. The van der Waals surface area contributed by atoms with Gasteiger partial charge in [-0.3, -0.25) is 0 Å². The van der Waals surface area contributed by atoms with Gasteiger partial charge in [-0.25, -0.2) is 15.0 Å². The molecule has 4 nitrogen and oxygen atoms in total. The van der Waals surface area contributed by atoms with Crippen molar-refractivity contribution in [1.82, 2.24) is 15.0 Å². The molecule has 2 aromatic heterocycles. The highest BCUT2D eigenvalue weighted by atomic mass is 16.3. The Bertz CT molecular complexity index is 4000. The van der Waals surface area contributed by atoms with Gasteiger partial charge >= 0.3 is 0 Å². The van der Waals surface area contributed by atoms with Crippen LogP contribution in [-0.4, -0.2) is 15.0 Å². The Morgan fingerprint density at radius 3 is 1.48 bits per heavy atom. The van der Waals surface area contributed by atoms with Crippen LogP contribution in [0.1, 0.15) is 0 Å². The minimum atomic E-state index is 0.593. The molecule has 0 bridgehead atoms. The average molecular weight is 828 g/mol. The minimum absolute atomic E-state index is 0.593. The van der Waals surface area contributed by atoms with Crippen LogP contribution < -0.4 is 0 Å². The molecule has 0 saturated carbocycles. The number of hydrogen-bond donors (Lipinski definition) is 0. The maximum atomic E-state index is 6.41. The van der Waals surface area contributed by atoms with Crippen molar-refractivity contribution >= 4 is 65.0 Å². The first-order valence-electron chi connectivity index (χ1n) is 22.0. The summed E-state index contributed by atoms with van der Waals surface area (Å²) in [7, 11) is 0. The maximum absolute atomic E-state index is 6.41. The van der Waals surface area contributed by atoms with Gasteiger partial charge in [0.2, 0.25) is 0 Å². The van der Waals surface area contributed by atoms with E-state index in [4.69, 9.17) is 19.4 Å². The summed E-state index contributed by atoms with van der Waals surface area (Å²) >= 11 is 0. The van der Waals surface area contributed by atoms with Crippen LogP contribution in [0.4, 0.5) is 0 Å². The van der Waals surface area contributed by atoms with Gasteiger partial charge in [-0.05, 0) is 125 Å². The summed E-state index contributed by atoms with van der Waals surface area (Å²) in [6, 6.07) is 79.5. The molecule has 302 valence electrons. The second-order valence-corrected chi connectivity index (χ2v) is 16.8. The lowest BCUT2D eigenvalue weighted by atomic mass is 9.92. The molecule has 0 aliphatic rings. The van der Waals surface area contributed by atoms with Crippen molar-refractivity contribution in [2.75, 3.05) is 0 Å². The molecule has 0 aliphatic heterocycles. The minimum Gasteiger partial charge on any atom is -0.456 e. The molecule has 0 unspecified atom stereocenters. The van der Waals surface area contributed by atoms with Gasteiger partial charge in [-0.15, -0.1) is 0 Å². The molecular weight excluding hydrogens is 791 g/mol. The molecule has 0 spiro atoms. The molecule has 65 heavy (non-hydrogen) atoms. The smallest absolute Gasteiger partial charge is 0.164 e. The summed E-state index contributed by atoms with van der Waals surface area (Å²) in [6.07, 6.45) is 0. The van der Waals surface area contributed by atoms with Crippen LogP contribution in [0, 0.1) is 0 Å². The van der Waals surface area contributed by atoms with Gasteiger partial charge in [0.25, 0.3) is 0 Å². The Balaban J connectivity index is 0.976. The van der Waals surface area contributed by atoms with E-state index in [9.17, 15) is 0 Å². The molecule has 0 amide bonds. The van der Waals surface area contributed by atoms with Gasteiger partial charge in [-0.2, -0.15) is 0 Å². The normalized spacial score (nSPS) is 11.7. The fourth-order valence-corrected chi connectivity index (χ4v) is 9.62. The SMILES string of the molecule is c1ccc(-c2ccc(-c3ccc4cc(-c5nc(-c6cc(-c7cccc8ccccc78)c7ccccc7c6)nc(-c6ccc7oc8ccc9ccccc9c8c7c6)n5)ccc4c3)cc2)cc1. The van der Waals surface area contributed by atoms with E-state index in [0.717, 1.165) is 65.7 Å². The summed E-state index contributed by atoms with van der Waals surface area (Å²) in [5, 5.41) is 11.4. The fourth-order valence-electron chi connectivity index (χ4n) is 9.62. The molecule has 2 heterocycles. The molecule has 11 aromatic carbocycles. The van der Waals surface area contributed by atoms with Gasteiger partial charge in [0.15, 0.2) is 17.5 Å². The average Bonchev–Trinajstić information content (AvgIpc) is 3.77. The van der Waals surface area contributed by atoms with E-state index in [0.29, 0.717) is 17.5 Å². The van der Waals surface area contributed by atoms with E-state index in [2.05, 4.69) is 218 Å². The first kappa shape index (κ1) is 36.9. The Labute approximate surface area is 374 Å². The highest BCUT2D eigenvalue weighted by molar-refractivity contribution is 6.19. The summed E-state index contributed by atoms with van der Waals surface area (Å²) in [5.74, 6) is 1.81. The second kappa shape index (κ2) is 15.0. The van der Waals surface area contributed by atoms with Gasteiger partial charge in [0, 0.05) is 27.5 Å². The first-order valence-corrected chi connectivity index (χ1v) is 22.0. The Morgan fingerprint density at radius 2 is 0.723 bits per heavy atom. The number of aromatic nitrogens is 3. The molecule has 13 rings (SSSR count). The Morgan fingerprint density at radius 1 is 0.246 bits per heavy atom. The van der Waals surface area contributed by atoms with Crippen molar-refractivity contribution in [1.29, 1.82) is 0 Å². The molecule has 0 atom stereocenters. The lowest BCUT2D eigenvalue weighted by molar-refractivity contribution is 0.669. The highest BCUT2D eigenvalue weighted by Crippen LogP contribution is 2.40. The number of nitrogens with zero attached hydrogens (tertiary/aromatic N) is 3. The predicted octanol–water partition coefficient (Wildman–Crippen LogP) is 16.4. The van der Waals surface area contributed by atoms with E-state index in [-0.39, 0.29) is 0 Å². The molecule has 0 N–H and O–H groups in total. The third kappa shape index (κ3) is 6.42. The van der Waals surface area contributed by atoms with Crippen molar-refractivity contribution in [2.24, 2.45) is 0 Å². The van der Waals surface area contributed by atoms with E-state index in [1.807, 2.05) is 6.07 Å². The fraction of sp³-hybridized carbons (Fsp3) is 0. The van der Waals surface area contributed by atoms with Crippen LogP contribution in [-0.2, 0) is 0 Å². The molecule has 13 aromatic rings. The molecule has 0 fully saturated rings. The van der Waals surface area contributed by atoms with Crippen molar-refractivity contribution < 1.29 is 4.42 Å². The van der Waals surface area contributed by atoms with Gasteiger partial charge < -0.3 is 4.42 Å². The van der Waals surface area contributed by atoms with E-state index < -0.39 is 0 Å². The molecular formula is C61H37N3O. The van der Waals surface area contributed by atoms with Crippen LogP contribution in [0.15, 0.2) is 229 Å². The highest BCUT2D eigenvalue weighted by Gasteiger charge is 2.18. The first-order chi connectivity index (χ1) is 32.2. The third-order valence-corrected chi connectivity index (χ3v) is 12.9. The Hall–Kier alpha value is -8.73. The van der Waals surface area contributed by atoms with Crippen LogP contribution in [0.25, 0.3) is 133 Å². The topological polar surface area (TPSA) is 51.8 Å². The molecule has 0 aliphatic carbocycles. The van der Waals surface area contributed by atoms with Crippen molar-refractivity contribution in [2.45, 2.75) is 0 Å². The monoisotopic (exact) mass is 827 g/mol. The predicted molar refractivity (Wildman–Crippen MR) is 270 cm³/mol. The van der Waals surface area contributed by atoms with Crippen LogP contribution in [0.3, 0.4) is 0 Å².